The second-order valence-electron chi connectivity index (χ2n) is 7.77. The number of para-hydroxylation sites is 1. The molecule has 2 atom stereocenters. The first-order valence-corrected chi connectivity index (χ1v) is 10.8. The van der Waals surface area contributed by atoms with Crippen LogP contribution in [0, 0.1) is 0 Å². The van der Waals surface area contributed by atoms with Gasteiger partial charge >= 0.3 is 11.3 Å². The van der Waals surface area contributed by atoms with Crippen molar-refractivity contribution in [2.24, 2.45) is 0 Å². The molecule has 0 bridgehead atoms. The second kappa shape index (κ2) is 10.4. The number of aliphatic hydroxyl groups excluding tert-OH is 1. The fraction of sp³-hybridized carbons (Fsp3) is 0.423. The van der Waals surface area contributed by atoms with Crippen LogP contribution in [0.15, 0.2) is 65.1 Å². The van der Waals surface area contributed by atoms with E-state index in [1.54, 1.807) is 0 Å². The minimum atomic E-state index is -0.160. The molecule has 1 N–H and O–H groups in total. The van der Waals surface area contributed by atoms with Crippen LogP contribution in [0.5, 0.6) is 0 Å². The van der Waals surface area contributed by atoms with Gasteiger partial charge in [-0.1, -0.05) is 63.4 Å². The van der Waals surface area contributed by atoms with Crippen LogP contribution in [0.2, 0.25) is 0 Å². The number of unbranched alkanes of at least 4 members (excludes halogenated alkanes) is 1. The highest BCUT2D eigenvalue weighted by atomic mass is 16.3. The van der Waals surface area contributed by atoms with Crippen LogP contribution < -0.4 is 0 Å². The van der Waals surface area contributed by atoms with Crippen LogP contribution in [0.25, 0.3) is 22.3 Å². The first-order valence-electron chi connectivity index (χ1n) is 10.8. The Hall–Kier alpha value is -2.19. The molecule has 3 rings (SSSR count). The van der Waals surface area contributed by atoms with E-state index in [1.807, 2.05) is 18.2 Å². The SMILES string of the molecule is CCCCC(O)CCCC(CC)c1cc2ccccc2[o+]c1-c1ccccc1. The maximum atomic E-state index is 10.2. The van der Waals surface area contributed by atoms with Crippen LogP contribution in [0.4, 0.5) is 0 Å². The average molecular weight is 378 g/mol. The van der Waals surface area contributed by atoms with Crippen molar-refractivity contribution >= 4 is 11.0 Å². The summed E-state index contributed by atoms with van der Waals surface area (Å²) in [6, 6.07) is 21.0. The van der Waals surface area contributed by atoms with Gasteiger partial charge < -0.3 is 5.11 Å². The highest BCUT2D eigenvalue weighted by molar-refractivity contribution is 5.80. The Bertz CT molecular complexity index is 857. The van der Waals surface area contributed by atoms with Crippen LogP contribution >= 0.6 is 0 Å². The summed E-state index contributed by atoms with van der Waals surface area (Å²) in [5, 5.41) is 11.3. The lowest BCUT2D eigenvalue weighted by Crippen LogP contribution is -2.08. The molecule has 0 amide bonds. The van der Waals surface area contributed by atoms with E-state index in [1.165, 1.54) is 5.56 Å². The summed E-state index contributed by atoms with van der Waals surface area (Å²) < 4.78 is 6.39. The number of rotatable bonds is 10. The fourth-order valence-corrected chi connectivity index (χ4v) is 3.98. The zero-order chi connectivity index (χ0) is 19.8. The van der Waals surface area contributed by atoms with Gasteiger partial charge in [-0.25, -0.2) is 4.42 Å². The van der Waals surface area contributed by atoms with Gasteiger partial charge in [0.25, 0.3) is 0 Å². The smallest absolute Gasteiger partial charge is 0.364 e. The molecule has 0 aliphatic carbocycles. The van der Waals surface area contributed by atoms with Crippen LogP contribution in [0.1, 0.15) is 70.3 Å². The molecule has 0 aliphatic rings. The molecular formula is C26H33O2+. The van der Waals surface area contributed by atoms with Crippen LogP contribution in [-0.4, -0.2) is 11.2 Å². The van der Waals surface area contributed by atoms with Crippen molar-refractivity contribution in [3.8, 4) is 11.3 Å². The number of fused-ring (bicyclic) bond motifs is 1. The molecular weight excluding hydrogens is 344 g/mol. The van der Waals surface area contributed by atoms with E-state index in [2.05, 4.69) is 56.3 Å². The van der Waals surface area contributed by atoms with Gasteiger partial charge in [0.05, 0.1) is 22.6 Å². The van der Waals surface area contributed by atoms with Gasteiger partial charge in [-0.15, -0.1) is 0 Å². The molecule has 0 aliphatic heterocycles. The molecule has 0 radical (unpaired) electrons. The van der Waals surface area contributed by atoms with E-state index in [4.69, 9.17) is 4.42 Å². The molecule has 0 saturated carbocycles. The van der Waals surface area contributed by atoms with E-state index >= 15 is 0 Å². The van der Waals surface area contributed by atoms with Gasteiger partial charge in [0.15, 0.2) is 0 Å². The standard InChI is InChI=1S/C26H33O2/c1-3-5-16-23(27)17-11-15-20(4-2)24-19-22-14-9-10-18-25(22)28-26(24)21-12-7-6-8-13-21/h6-10,12-14,18-20,23,27H,3-5,11,15-17H2,1-2H3/q+1. The van der Waals surface area contributed by atoms with E-state index in [0.717, 1.165) is 67.2 Å². The number of aliphatic hydroxyl groups is 1. The third-order valence-corrected chi connectivity index (χ3v) is 5.65. The summed E-state index contributed by atoms with van der Waals surface area (Å²) in [6.45, 7) is 4.43. The lowest BCUT2D eigenvalue weighted by Gasteiger charge is -2.16. The van der Waals surface area contributed by atoms with Crippen LogP contribution in [-0.2, 0) is 0 Å². The van der Waals surface area contributed by atoms with Crippen molar-refractivity contribution in [3.63, 3.8) is 0 Å². The lowest BCUT2D eigenvalue weighted by molar-refractivity contribution is 0.147. The second-order valence-corrected chi connectivity index (χ2v) is 7.77. The first-order chi connectivity index (χ1) is 13.7. The monoisotopic (exact) mass is 377 g/mol. The Morgan fingerprint density at radius 1 is 0.857 bits per heavy atom. The maximum Gasteiger partial charge on any atom is 0.364 e. The van der Waals surface area contributed by atoms with Gasteiger partial charge in [-0.05, 0) is 55.9 Å². The molecule has 0 saturated heterocycles. The third-order valence-electron chi connectivity index (χ3n) is 5.65. The van der Waals surface area contributed by atoms with Crippen molar-refractivity contribution in [2.75, 3.05) is 0 Å². The Morgan fingerprint density at radius 2 is 1.57 bits per heavy atom. The Balaban J connectivity index is 1.86. The lowest BCUT2D eigenvalue weighted by atomic mass is 9.87. The maximum absolute atomic E-state index is 10.2. The van der Waals surface area contributed by atoms with E-state index in [-0.39, 0.29) is 6.10 Å². The van der Waals surface area contributed by atoms with Crippen molar-refractivity contribution in [3.05, 3.63) is 66.2 Å². The van der Waals surface area contributed by atoms with Crippen molar-refractivity contribution in [2.45, 2.75) is 70.8 Å². The molecule has 0 fully saturated rings. The van der Waals surface area contributed by atoms with Crippen molar-refractivity contribution < 1.29 is 9.52 Å². The minimum Gasteiger partial charge on any atom is -0.393 e. The van der Waals surface area contributed by atoms with Gasteiger partial charge in [0.1, 0.15) is 0 Å². The Morgan fingerprint density at radius 3 is 2.32 bits per heavy atom. The molecule has 0 spiro atoms. The van der Waals surface area contributed by atoms with Gasteiger partial charge in [0.2, 0.25) is 0 Å². The Kier molecular flexibility index (Phi) is 7.62. The zero-order valence-electron chi connectivity index (χ0n) is 17.2. The minimum absolute atomic E-state index is 0.160. The van der Waals surface area contributed by atoms with E-state index in [0.29, 0.717) is 5.92 Å². The number of hydrogen-bond donors (Lipinski definition) is 1. The molecule has 148 valence electrons. The zero-order valence-corrected chi connectivity index (χ0v) is 17.2. The highest BCUT2D eigenvalue weighted by Gasteiger charge is 2.26. The molecule has 2 heteroatoms. The molecule has 1 heterocycles. The van der Waals surface area contributed by atoms with E-state index < -0.39 is 0 Å². The third kappa shape index (κ3) is 5.20. The molecule has 2 aromatic carbocycles. The van der Waals surface area contributed by atoms with Crippen molar-refractivity contribution in [1.82, 2.24) is 0 Å². The largest absolute Gasteiger partial charge is 0.393 e. The van der Waals surface area contributed by atoms with Crippen molar-refractivity contribution in [1.29, 1.82) is 0 Å². The summed E-state index contributed by atoms with van der Waals surface area (Å²) in [7, 11) is 0. The summed E-state index contributed by atoms with van der Waals surface area (Å²) >= 11 is 0. The quantitative estimate of drug-likeness (QED) is 0.369. The van der Waals surface area contributed by atoms with Gasteiger partial charge in [0, 0.05) is 6.07 Å². The highest BCUT2D eigenvalue weighted by Crippen LogP contribution is 2.37. The number of benzene rings is 2. The topological polar surface area (TPSA) is 31.5 Å². The Labute approximate surface area is 169 Å². The summed E-state index contributed by atoms with van der Waals surface area (Å²) in [5.74, 6) is 1.42. The number of hydrogen-bond acceptors (Lipinski definition) is 1. The predicted molar refractivity (Wildman–Crippen MR) is 118 cm³/mol. The van der Waals surface area contributed by atoms with Gasteiger partial charge in [-0.2, -0.15) is 0 Å². The first kappa shape index (κ1) is 20.5. The normalized spacial score (nSPS) is 13.5. The molecule has 2 unspecified atom stereocenters. The summed E-state index contributed by atoms with van der Waals surface area (Å²) in [5.41, 5.74) is 3.34. The fourth-order valence-electron chi connectivity index (χ4n) is 3.98. The summed E-state index contributed by atoms with van der Waals surface area (Å²) in [6.07, 6.45) is 7.10. The summed E-state index contributed by atoms with van der Waals surface area (Å²) in [4.78, 5) is 0. The predicted octanol–water partition coefficient (Wildman–Crippen LogP) is 7.60. The molecule has 1 aromatic heterocycles. The molecule has 28 heavy (non-hydrogen) atoms. The average Bonchev–Trinajstić information content (AvgIpc) is 2.75. The van der Waals surface area contributed by atoms with Crippen LogP contribution in [0.3, 0.4) is 0 Å². The van der Waals surface area contributed by atoms with E-state index in [9.17, 15) is 5.11 Å². The van der Waals surface area contributed by atoms with Gasteiger partial charge in [-0.3, -0.25) is 0 Å². The molecule has 2 nitrogen and oxygen atoms in total. The molecule has 3 aromatic rings.